The van der Waals surface area contributed by atoms with Crippen LogP contribution in [0.25, 0.3) is 0 Å². The third-order valence-corrected chi connectivity index (χ3v) is 0.790. The van der Waals surface area contributed by atoms with Gasteiger partial charge in [-0.1, -0.05) is 0 Å². The van der Waals surface area contributed by atoms with Gasteiger partial charge < -0.3 is 5.11 Å². The first-order chi connectivity index (χ1) is 3.50. The van der Waals surface area contributed by atoms with Crippen LogP contribution in [0.1, 0.15) is 13.8 Å². The number of rotatable bonds is 2. The highest BCUT2D eigenvalue weighted by Gasteiger charge is 2.26. The van der Waals surface area contributed by atoms with E-state index in [1.54, 1.807) is 0 Å². The predicted molar refractivity (Wildman–Crippen MR) is 27.1 cm³/mol. The maximum absolute atomic E-state index is 9.99. The number of hydrogen-bond donors (Lipinski definition) is 1. The van der Waals surface area contributed by atoms with Gasteiger partial charge in [-0.2, -0.15) is 0 Å². The fourth-order valence-corrected chi connectivity index (χ4v) is 0.0437. The van der Waals surface area contributed by atoms with Crippen molar-refractivity contribution >= 4 is 12.3 Å². The van der Waals surface area contributed by atoms with Crippen LogP contribution in [0, 0.1) is 5.41 Å². The molecule has 0 unspecified atom stereocenters. The first-order valence-electron chi connectivity index (χ1n) is 2.13. The van der Waals surface area contributed by atoms with Crippen molar-refractivity contribution in [2.75, 3.05) is 0 Å². The summed E-state index contributed by atoms with van der Waals surface area (Å²) in [5.41, 5.74) is -1.35. The second-order valence-corrected chi connectivity index (χ2v) is 2.03. The van der Waals surface area contributed by atoms with E-state index in [4.69, 9.17) is 5.11 Å². The SMILES string of the molecule is CC(C)([C]=O)C(=O)O. The normalized spacial score (nSPS) is 10.8. The largest absolute Gasteiger partial charge is 0.480 e. The minimum Gasteiger partial charge on any atom is -0.480 e. The van der Waals surface area contributed by atoms with Crippen molar-refractivity contribution < 1.29 is 14.7 Å². The van der Waals surface area contributed by atoms with E-state index >= 15 is 0 Å². The molecule has 0 saturated carbocycles. The van der Waals surface area contributed by atoms with Crippen LogP contribution >= 0.6 is 0 Å². The lowest BCUT2D eigenvalue weighted by Gasteiger charge is -2.05. The highest BCUT2D eigenvalue weighted by atomic mass is 16.4. The average molecular weight is 115 g/mol. The van der Waals surface area contributed by atoms with Crippen LogP contribution in [0.3, 0.4) is 0 Å². The second kappa shape index (κ2) is 1.94. The van der Waals surface area contributed by atoms with Crippen molar-refractivity contribution in [1.29, 1.82) is 0 Å². The Morgan fingerprint density at radius 1 is 1.62 bits per heavy atom. The van der Waals surface area contributed by atoms with Crippen molar-refractivity contribution in [2.24, 2.45) is 5.41 Å². The monoisotopic (exact) mass is 115 g/mol. The molecule has 1 N–H and O–H groups in total. The Hall–Kier alpha value is -0.860. The smallest absolute Gasteiger partial charge is 0.317 e. The summed E-state index contributed by atoms with van der Waals surface area (Å²) >= 11 is 0. The van der Waals surface area contributed by atoms with Crippen molar-refractivity contribution in [2.45, 2.75) is 13.8 Å². The van der Waals surface area contributed by atoms with Crippen molar-refractivity contribution in [3.8, 4) is 0 Å². The summed E-state index contributed by atoms with van der Waals surface area (Å²) in [4.78, 5) is 19.8. The molecule has 0 rings (SSSR count). The van der Waals surface area contributed by atoms with E-state index in [2.05, 4.69) is 0 Å². The molecule has 8 heavy (non-hydrogen) atoms. The molecule has 0 aromatic carbocycles. The zero-order valence-corrected chi connectivity index (χ0v) is 4.76. The Labute approximate surface area is 47.3 Å². The Kier molecular flexibility index (Phi) is 1.73. The zero-order chi connectivity index (χ0) is 6.78. The molecule has 0 fully saturated rings. The number of aliphatic carboxylic acids is 1. The summed E-state index contributed by atoms with van der Waals surface area (Å²) in [6.45, 7) is 2.59. The third kappa shape index (κ3) is 1.33. The van der Waals surface area contributed by atoms with Gasteiger partial charge in [0.15, 0.2) is 0 Å². The van der Waals surface area contributed by atoms with Gasteiger partial charge in [0.2, 0.25) is 6.29 Å². The van der Waals surface area contributed by atoms with Gasteiger partial charge in [0, 0.05) is 0 Å². The number of carboxylic acid groups (broad SMARTS) is 1. The van der Waals surface area contributed by atoms with Gasteiger partial charge in [-0.25, -0.2) is 0 Å². The van der Waals surface area contributed by atoms with Gasteiger partial charge >= 0.3 is 5.97 Å². The van der Waals surface area contributed by atoms with Gasteiger partial charge in [-0.15, -0.1) is 0 Å². The van der Waals surface area contributed by atoms with Gasteiger partial charge in [-0.05, 0) is 13.8 Å². The van der Waals surface area contributed by atoms with Crippen LogP contribution in [0.5, 0.6) is 0 Å². The first-order valence-corrected chi connectivity index (χ1v) is 2.13. The van der Waals surface area contributed by atoms with Crippen molar-refractivity contribution in [1.82, 2.24) is 0 Å². The van der Waals surface area contributed by atoms with E-state index in [1.165, 1.54) is 20.1 Å². The molecule has 0 aliphatic heterocycles. The highest BCUT2D eigenvalue weighted by Crippen LogP contribution is 2.09. The summed E-state index contributed by atoms with van der Waals surface area (Å²) in [5, 5.41) is 8.18. The Morgan fingerprint density at radius 3 is 2.00 bits per heavy atom. The molecule has 0 atom stereocenters. The fraction of sp³-hybridized carbons (Fsp3) is 0.600. The standard InChI is InChI=1S/C5H7O3/c1-5(2,3-6)4(7)8/h1-2H3,(H,7,8). The van der Waals surface area contributed by atoms with E-state index < -0.39 is 11.4 Å². The molecule has 0 saturated heterocycles. The molecule has 3 nitrogen and oxygen atoms in total. The minimum absolute atomic E-state index is 1.15. The molecule has 0 amide bonds. The van der Waals surface area contributed by atoms with Crippen LogP contribution in [0.2, 0.25) is 0 Å². The topological polar surface area (TPSA) is 54.4 Å². The molecule has 1 radical (unpaired) electrons. The number of carboxylic acids is 1. The van der Waals surface area contributed by atoms with Gasteiger partial charge in [0.05, 0.1) is 0 Å². The quantitative estimate of drug-likeness (QED) is 0.523. The lowest BCUT2D eigenvalue weighted by atomic mass is 9.97. The van der Waals surface area contributed by atoms with Gasteiger partial charge in [0.25, 0.3) is 0 Å². The number of hydrogen-bond acceptors (Lipinski definition) is 2. The molecule has 3 heteroatoms. The molecule has 0 bridgehead atoms. The molecule has 0 heterocycles. The summed E-state index contributed by atoms with van der Waals surface area (Å²) in [5.74, 6) is -1.15. The van der Waals surface area contributed by atoms with Crippen LogP contribution in [-0.4, -0.2) is 17.4 Å². The molecular formula is C5H7O3. The van der Waals surface area contributed by atoms with Crippen LogP contribution < -0.4 is 0 Å². The molecule has 0 aliphatic carbocycles. The number of carbonyl (C=O) groups is 1. The van der Waals surface area contributed by atoms with Crippen LogP contribution in [-0.2, 0) is 9.59 Å². The van der Waals surface area contributed by atoms with E-state index in [0.29, 0.717) is 0 Å². The van der Waals surface area contributed by atoms with Crippen molar-refractivity contribution in [3.63, 3.8) is 0 Å². The van der Waals surface area contributed by atoms with Crippen molar-refractivity contribution in [3.05, 3.63) is 0 Å². The molecule has 45 valence electrons. The first kappa shape index (κ1) is 7.14. The second-order valence-electron chi connectivity index (χ2n) is 2.03. The third-order valence-electron chi connectivity index (χ3n) is 0.790. The van der Waals surface area contributed by atoms with E-state index in [-0.39, 0.29) is 0 Å². The average Bonchev–Trinajstić information content (AvgIpc) is 1.67. The summed E-state index contributed by atoms with van der Waals surface area (Å²) in [7, 11) is 0. The molecule has 0 aromatic heterocycles. The molecule has 0 aliphatic rings. The summed E-state index contributed by atoms with van der Waals surface area (Å²) < 4.78 is 0. The van der Waals surface area contributed by atoms with Gasteiger partial charge in [-0.3, -0.25) is 9.59 Å². The maximum Gasteiger partial charge on any atom is 0.317 e. The fourth-order valence-electron chi connectivity index (χ4n) is 0.0437. The molecular weight excluding hydrogens is 108 g/mol. The molecule has 0 spiro atoms. The van der Waals surface area contributed by atoms with Crippen LogP contribution in [0.15, 0.2) is 0 Å². The van der Waals surface area contributed by atoms with E-state index in [9.17, 15) is 9.59 Å². The number of carbonyl (C=O) groups excluding carboxylic acids is 1. The predicted octanol–water partition coefficient (Wildman–Crippen LogP) is 0.207. The highest BCUT2D eigenvalue weighted by molar-refractivity contribution is 5.90. The lowest BCUT2D eigenvalue weighted by molar-refractivity contribution is -0.143. The van der Waals surface area contributed by atoms with E-state index in [0.717, 1.165) is 0 Å². The summed E-state index contributed by atoms with van der Waals surface area (Å²) in [6.07, 6.45) is 1.39. The Bertz CT molecular complexity index is 115. The Morgan fingerprint density at radius 2 is 2.00 bits per heavy atom. The Balaban J connectivity index is 4.12. The van der Waals surface area contributed by atoms with E-state index in [1.807, 2.05) is 0 Å². The summed E-state index contributed by atoms with van der Waals surface area (Å²) in [6, 6.07) is 0. The minimum atomic E-state index is -1.35. The van der Waals surface area contributed by atoms with Crippen LogP contribution in [0.4, 0.5) is 0 Å². The molecule has 0 aromatic rings. The maximum atomic E-state index is 9.99. The van der Waals surface area contributed by atoms with Gasteiger partial charge in [0.1, 0.15) is 5.41 Å². The zero-order valence-electron chi connectivity index (χ0n) is 4.76. The lowest BCUT2D eigenvalue weighted by Crippen LogP contribution is -2.24.